The molecule has 1 spiro atoms. The van der Waals surface area contributed by atoms with Crippen LogP contribution in [0.1, 0.15) is 33.6 Å². The molecule has 164 valence electrons. The fourth-order valence-corrected chi connectivity index (χ4v) is 7.21. The number of nitrogens with zero attached hydrogens (tertiary/aromatic N) is 2. The van der Waals surface area contributed by atoms with Gasteiger partial charge in [0, 0.05) is 30.5 Å². The van der Waals surface area contributed by atoms with Gasteiger partial charge in [0.25, 0.3) is 0 Å². The van der Waals surface area contributed by atoms with Crippen molar-refractivity contribution < 1.29 is 24.2 Å². The smallest absolute Gasteiger partial charge is 0.311 e. The number of amides is 2. The Kier molecular flexibility index (Phi) is 5.51. The Balaban J connectivity index is 1.80. The van der Waals surface area contributed by atoms with Crippen molar-refractivity contribution in [2.24, 2.45) is 11.8 Å². The maximum atomic E-state index is 13.8. The number of hydrogen-bond acceptors (Lipinski definition) is 6. The Bertz CT molecular complexity index is 804. The van der Waals surface area contributed by atoms with Gasteiger partial charge in [-0.1, -0.05) is 24.3 Å². The maximum Gasteiger partial charge on any atom is 0.311 e. The number of thioether (sulfide) groups is 1. The largest absolute Gasteiger partial charge is 0.461 e. The van der Waals surface area contributed by atoms with Gasteiger partial charge in [-0.3, -0.25) is 14.4 Å². The van der Waals surface area contributed by atoms with Crippen molar-refractivity contribution in [3.8, 4) is 0 Å². The molecule has 5 atom stereocenters. The summed E-state index contributed by atoms with van der Waals surface area (Å²) in [4.78, 5) is 43.8. The van der Waals surface area contributed by atoms with E-state index in [9.17, 15) is 19.5 Å². The minimum absolute atomic E-state index is 0.0415. The average molecular weight is 435 g/mol. The molecule has 0 bridgehead atoms. The molecule has 8 heteroatoms. The van der Waals surface area contributed by atoms with E-state index in [0.29, 0.717) is 25.9 Å². The lowest BCUT2D eigenvalue weighted by atomic mass is 9.78. The van der Waals surface area contributed by atoms with Crippen LogP contribution in [-0.4, -0.2) is 80.6 Å². The number of esters is 1. The standard InChI is InChI=1S/C22H30N2O5S/c1-21(2,3)24-11-7-9-22-16(15-14(30-22)8-6-13-29-20(15)28)18(26)23(10-4-5-12-25)17(22)19(24)27/h6-9,14-17,25H,4-5,10-13H2,1-3H3/t14-,15+,16-,17?,22-/m0/s1. The van der Waals surface area contributed by atoms with Crippen LogP contribution < -0.4 is 0 Å². The van der Waals surface area contributed by atoms with Crippen molar-refractivity contribution in [3.63, 3.8) is 0 Å². The number of ether oxygens (including phenoxy) is 1. The van der Waals surface area contributed by atoms with Crippen molar-refractivity contribution in [1.29, 1.82) is 0 Å². The first kappa shape index (κ1) is 21.4. The van der Waals surface area contributed by atoms with Crippen LogP contribution in [0.5, 0.6) is 0 Å². The first-order valence-corrected chi connectivity index (χ1v) is 11.5. The molecule has 4 aliphatic rings. The third-order valence-electron chi connectivity index (χ3n) is 6.53. The number of carbonyl (C=O) groups excluding carboxylic acids is 3. The summed E-state index contributed by atoms with van der Waals surface area (Å²) >= 11 is 1.56. The van der Waals surface area contributed by atoms with E-state index >= 15 is 0 Å². The number of cyclic esters (lactones) is 1. The van der Waals surface area contributed by atoms with Gasteiger partial charge in [-0.15, -0.1) is 11.8 Å². The molecule has 0 aliphatic carbocycles. The van der Waals surface area contributed by atoms with E-state index in [1.54, 1.807) is 16.7 Å². The molecule has 2 fully saturated rings. The topological polar surface area (TPSA) is 87.2 Å². The SMILES string of the molecule is CC(C)(C)N1CC=C[C@]23S[C@H]4C=CCOC(=O)[C@H]4[C@H]2C(=O)N(CCCCO)C3C1=O. The summed E-state index contributed by atoms with van der Waals surface area (Å²) in [5.41, 5.74) is -0.392. The van der Waals surface area contributed by atoms with Crippen LogP contribution in [0.3, 0.4) is 0 Å². The van der Waals surface area contributed by atoms with Crippen molar-refractivity contribution in [1.82, 2.24) is 9.80 Å². The number of unbranched alkanes of at least 4 members (excludes halogenated alkanes) is 1. The fourth-order valence-electron chi connectivity index (χ4n) is 5.21. The van der Waals surface area contributed by atoms with Crippen molar-refractivity contribution in [2.45, 2.75) is 55.2 Å². The molecular formula is C22H30N2O5S. The van der Waals surface area contributed by atoms with Gasteiger partial charge in [0.05, 0.1) is 16.6 Å². The fraction of sp³-hybridized carbons (Fsp3) is 0.682. The Morgan fingerprint density at radius 1 is 1.20 bits per heavy atom. The van der Waals surface area contributed by atoms with Gasteiger partial charge >= 0.3 is 5.97 Å². The van der Waals surface area contributed by atoms with Crippen molar-refractivity contribution in [3.05, 3.63) is 24.3 Å². The molecule has 2 saturated heterocycles. The Morgan fingerprint density at radius 3 is 2.67 bits per heavy atom. The van der Waals surface area contributed by atoms with Crippen LogP contribution in [0, 0.1) is 11.8 Å². The van der Waals surface area contributed by atoms with Crippen LogP contribution >= 0.6 is 11.8 Å². The molecule has 0 aromatic rings. The van der Waals surface area contributed by atoms with E-state index in [2.05, 4.69) is 0 Å². The van der Waals surface area contributed by atoms with Gasteiger partial charge in [0.2, 0.25) is 11.8 Å². The number of fused-ring (bicyclic) bond motifs is 2. The van der Waals surface area contributed by atoms with Crippen LogP contribution in [0.25, 0.3) is 0 Å². The molecule has 1 unspecified atom stereocenters. The maximum absolute atomic E-state index is 13.8. The molecule has 0 aromatic carbocycles. The second-order valence-electron chi connectivity index (χ2n) is 9.38. The lowest BCUT2D eigenvalue weighted by molar-refractivity contribution is -0.151. The van der Waals surface area contributed by atoms with Gasteiger partial charge in [-0.05, 0) is 33.6 Å². The first-order chi connectivity index (χ1) is 14.2. The Hall–Kier alpha value is -1.80. The van der Waals surface area contributed by atoms with E-state index in [1.165, 1.54) is 0 Å². The summed E-state index contributed by atoms with van der Waals surface area (Å²) in [5, 5.41) is 9.02. The summed E-state index contributed by atoms with van der Waals surface area (Å²) in [6.07, 6.45) is 8.94. The summed E-state index contributed by atoms with van der Waals surface area (Å²) in [5.74, 6) is -1.80. The van der Waals surface area contributed by atoms with E-state index in [0.717, 1.165) is 0 Å². The molecule has 0 radical (unpaired) electrons. The van der Waals surface area contributed by atoms with Crippen LogP contribution in [-0.2, 0) is 19.1 Å². The van der Waals surface area contributed by atoms with Gasteiger partial charge in [0.15, 0.2) is 0 Å². The highest BCUT2D eigenvalue weighted by Gasteiger charge is 2.71. The molecule has 4 heterocycles. The second-order valence-corrected chi connectivity index (χ2v) is 10.9. The number of aliphatic hydroxyl groups excluding tert-OH is 1. The lowest BCUT2D eigenvalue weighted by Crippen LogP contribution is -2.57. The predicted molar refractivity (Wildman–Crippen MR) is 114 cm³/mol. The highest BCUT2D eigenvalue weighted by atomic mass is 32.2. The molecule has 0 saturated carbocycles. The first-order valence-electron chi connectivity index (χ1n) is 10.6. The molecule has 4 aliphatic heterocycles. The number of hydrogen-bond donors (Lipinski definition) is 1. The highest BCUT2D eigenvalue weighted by Crippen LogP contribution is 2.61. The van der Waals surface area contributed by atoms with Gasteiger partial charge in [0.1, 0.15) is 12.6 Å². The van der Waals surface area contributed by atoms with Crippen molar-refractivity contribution in [2.75, 3.05) is 26.3 Å². The Labute approximate surface area is 181 Å². The van der Waals surface area contributed by atoms with Gasteiger partial charge in [-0.25, -0.2) is 0 Å². The molecular weight excluding hydrogens is 404 g/mol. The molecule has 30 heavy (non-hydrogen) atoms. The minimum Gasteiger partial charge on any atom is -0.461 e. The van der Waals surface area contributed by atoms with Crippen LogP contribution in [0.2, 0.25) is 0 Å². The predicted octanol–water partition coefficient (Wildman–Crippen LogP) is 1.37. The van der Waals surface area contributed by atoms with Crippen LogP contribution in [0.15, 0.2) is 24.3 Å². The van der Waals surface area contributed by atoms with Crippen LogP contribution in [0.4, 0.5) is 0 Å². The summed E-state index contributed by atoms with van der Waals surface area (Å²) in [7, 11) is 0. The van der Waals surface area contributed by atoms with E-state index < -0.39 is 28.2 Å². The Morgan fingerprint density at radius 2 is 1.97 bits per heavy atom. The lowest BCUT2D eigenvalue weighted by Gasteiger charge is -2.40. The normalized spacial score (nSPS) is 35.7. The highest BCUT2D eigenvalue weighted by molar-refractivity contribution is 8.02. The average Bonchev–Trinajstić information content (AvgIpc) is 2.95. The molecule has 7 nitrogen and oxygen atoms in total. The number of carbonyl (C=O) groups is 3. The number of rotatable bonds is 4. The minimum atomic E-state index is -0.788. The third-order valence-corrected chi connectivity index (χ3v) is 8.27. The quantitative estimate of drug-likeness (QED) is 0.409. The van der Waals surface area contributed by atoms with E-state index in [1.807, 2.05) is 50.0 Å². The number of likely N-dealkylation sites (tertiary alicyclic amines) is 1. The summed E-state index contributed by atoms with van der Waals surface area (Å²) in [6, 6.07) is -0.662. The van der Waals surface area contributed by atoms with E-state index in [4.69, 9.17) is 4.74 Å². The zero-order valence-electron chi connectivity index (χ0n) is 17.7. The third kappa shape index (κ3) is 3.19. The van der Waals surface area contributed by atoms with Gasteiger partial charge in [-0.2, -0.15) is 0 Å². The van der Waals surface area contributed by atoms with Crippen molar-refractivity contribution >= 4 is 29.5 Å². The number of aliphatic hydroxyl groups is 1. The zero-order valence-corrected chi connectivity index (χ0v) is 18.6. The molecule has 0 aromatic heterocycles. The van der Waals surface area contributed by atoms with Gasteiger partial charge < -0.3 is 19.6 Å². The summed E-state index contributed by atoms with van der Waals surface area (Å²) < 4.78 is 4.57. The molecule has 1 N–H and O–H groups in total. The summed E-state index contributed by atoms with van der Waals surface area (Å²) in [6.45, 7) is 7.11. The van der Waals surface area contributed by atoms with E-state index in [-0.39, 0.29) is 36.2 Å². The molecule has 2 amide bonds. The zero-order chi connectivity index (χ0) is 21.7. The monoisotopic (exact) mass is 434 g/mol. The second kappa shape index (κ2) is 7.71. The molecule has 4 rings (SSSR count).